The van der Waals surface area contributed by atoms with Crippen LogP contribution in [0, 0.1) is 0 Å². The topological polar surface area (TPSA) is 70.4 Å². The molecular formula is C27H31N5O3S. The van der Waals surface area contributed by atoms with Crippen LogP contribution >= 0.6 is 11.3 Å². The highest BCUT2D eigenvalue weighted by Crippen LogP contribution is 2.33. The summed E-state index contributed by atoms with van der Waals surface area (Å²) in [6.07, 6.45) is 2.60. The molecule has 1 aromatic carbocycles. The highest BCUT2D eigenvalue weighted by molar-refractivity contribution is 7.12. The summed E-state index contributed by atoms with van der Waals surface area (Å²) in [4.78, 5) is 31.7. The van der Waals surface area contributed by atoms with Crippen LogP contribution in [-0.4, -0.2) is 82.8 Å². The van der Waals surface area contributed by atoms with Gasteiger partial charge >= 0.3 is 0 Å². The minimum Gasteiger partial charge on any atom is -0.379 e. The van der Waals surface area contributed by atoms with E-state index in [2.05, 4.69) is 4.90 Å². The normalized spacial score (nSPS) is 18.3. The van der Waals surface area contributed by atoms with Gasteiger partial charge in [0.1, 0.15) is 6.54 Å². The van der Waals surface area contributed by atoms with Crippen molar-refractivity contribution in [2.45, 2.75) is 12.5 Å². The van der Waals surface area contributed by atoms with E-state index < -0.39 is 0 Å². The molecule has 3 aromatic rings. The molecule has 2 aliphatic heterocycles. The molecule has 0 bridgehead atoms. The molecule has 0 radical (unpaired) electrons. The molecule has 1 atom stereocenters. The molecule has 36 heavy (non-hydrogen) atoms. The number of carbonyl (C=O) groups is 2. The second kappa shape index (κ2) is 11.2. The van der Waals surface area contributed by atoms with E-state index in [1.807, 2.05) is 77.8 Å². The molecule has 0 aliphatic carbocycles. The van der Waals surface area contributed by atoms with Crippen molar-refractivity contribution >= 4 is 28.9 Å². The van der Waals surface area contributed by atoms with E-state index >= 15 is 0 Å². The van der Waals surface area contributed by atoms with Crippen molar-refractivity contribution in [1.82, 2.24) is 19.4 Å². The zero-order valence-electron chi connectivity index (χ0n) is 20.5. The minimum absolute atomic E-state index is 0.0195. The highest BCUT2D eigenvalue weighted by atomic mass is 32.1. The first-order valence-corrected chi connectivity index (χ1v) is 13.2. The van der Waals surface area contributed by atoms with Crippen LogP contribution in [0.4, 0.5) is 0 Å². The van der Waals surface area contributed by atoms with Gasteiger partial charge in [-0.1, -0.05) is 36.4 Å². The van der Waals surface area contributed by atoms with E-state index in [1.165, 1.54) is 11.3 Å². The Labute approximate surface area is 215 Å². The number of hydrogen-bond donors (Lipinski definition) is 0. The van der Waals surface area contributed by atoms with Crippen molar-refractivity contribution in [1.29, 1.82) is 0 Å². The molecule has 188 valence electrons. The molecule has 2 amide bonds. The van der Waals surface area contributed by atoms with Crippen LogP contribution < -0.4 is 0 Å². The molecule has 0 saturated carbocycles. The van der Waals surface area contributed by atoms with E-state index in [-0.39, 0.29) is 24.4 Å². The summed E-state index contributed by atoms with van der Waals surface area (Å²) in [6, 6.07) is 17.5. The fraction of sp³-hybridized carbons (Fsp3) is 0.370. The first kappa shape index (κ1) is 24.4. The number of nitrogens with zero attached hydrogens (tertiary/aromatic N) is 5. The Morgan fingerprint density at radius 1 is 1.08 bits per heavy atom. The summed E-state index contributed by atoms with van der Waals surface area (Å²) in [5, 5.41) is 8.26. The number of carbonyl (C=O) groups excluding carboxylic acids is 2. The van der Waals surface area contributed by atoms with Gasteiger partial charge in [0.05, 0.1) is 35.5 Å². The monoisotopic (exact) mass is 505 g/mol. The zero-order valence-corrected chi connectivity index (χ0v) is 21.3. The Bertz CT molecular complexity index is 1200. The van der Waals surface area contributed by atoms with Crippen molar-refractivity contribution in [3.8, 4) is 0 Å². The predicted molar refractivity (Wildman–Crippen MR) is 140 cm³/mol. The van der Waals surface area contributed by atoms with Gasteiger partial charge in [-0.15, -0.1) is 11.3 Å². The number of aryl methyl sites for hydroxylation is 1. The zero-order chi connectivity index (χ0) is 24.9. The van der Waals surface area contributed by atoms with Crippen LogP contribution in [0.5, 0.6) is 0 Å². The van der Waals surface area contributed by atoms with Gasteiger partial charge in [-0.2, -0.15) is 5.10 Å². The van der Waals surface area contributed by atoms with Crippen LogP contribution in [0.3, 0.4) is 0 Å². The molecule has 8 nitrogen and oxygen atoms in total. The van der Waals surface area contributed by atoms with Crippen LogP contribution in [0.1, 0.15) is 33.4 Å². The second-order valence-corrected chi connectivity index (χ2v) is 10.0. The SMILES string of the molecule is Cn1cccc1C1=NN(C(=O)CN(CCN2CCOCC2)C(=O)c2cccs2)[C@@H](c2ccccc2)C1. The number of aromatic nitrogens is 1. The van der Waals surface area contributed by atoms with E-state index in [0.717, 1.165) is 30.1 Å². The molecule has 0 N–H and O–H groups in total. The number of morpholine rings is 1. The Morgan fingerprint density at radius 2 is 1.89 bits per heavy atom. The molecule has 5 rings (SSSR count). The van der Waals surface area contributed by atoms with E-state index in [1.54, 1.807) is 9.91 Å². The lowest BCUT2D eigenvalue weighted by atomic mass is 10.0. The second-order valence-electron chi connectivity index (χ2n) is 9.08. The lowest BCUT2D eigenvalue weighted by Crippen LogP contribution is -2.46. The van der Waals surface area contributed by atoms with Crippen molar-refractivity contribution < 1.29 is 14.3 Å². The largest absolute Gasteiger partial charge is 0.379 e. The van der Waals surface area contributed by atoms with Crippen LogP contribution in [-0.2, 0) is 16.6 Å². The third-order valence-electron chi connectivity index (χ3n) is 6.72. The summed E-state index contributed by atoms with van der Waals surface area (Å²) < 4.78 is 7.47. The van der Waals surface area contributed by atoms with E-state index in [0.29, 0.717) is 37.6 Å². The maximum atomic E-state index is 13.8. The highest BCUT2D eigenvalue weighted by Gasteiger charge is 2.35. The standard InChI is InChI=1S/C27H31N5O3S/c1-29-11-5-9-23(29)22-19-24(21-7-3-2-4-8-21)32(28-22)26(33)20-31(27(34)25-10-6-18-36-25)13-12-30-14-16-35-17-15-30/h2-11,18,24H,12-17,19-20H2,1H3/t24-/m1/s1. The first-order chi connectivity index (χ1) is 17.6. The van der Waals surface area contributed by atoms with Crippen molar-refractivity contribution in [3.05, 3.63) is 82.3 Å². The number of thiophene rings is 1. The number of hydrogen-bond acceptors (Lipinski definition) is 6. The van der Waals surface area contributed by atoms with Gasteiger partial charge in [-0.3, -0.25) is 14.5 Å². The summed E-state index contributed by atoms with van der Waals surface area (Å²) >= 11 is 1.40. The third kappa shape index (κ3) is 5.43. The average Bonchev–Trinajstić information content (AvgIpc) is 3.68. The van der Waals surface area contributed by atoms with E-state index in [4.69, 9.17) is 9.84 Å². The maximum absolute atomic E-state index is 13.8. The predicted octanol–water partition coefficient (Wildman–Crippen LogP) is 3.24. The van der Waals surface area contributed by atoms with Crippen molar-refractivity contribution in [2.75, 3.05) is 45.9 Å². The van der Waals surface area contributed by atoms with Crippen molar-refractivity contribution in [3.63, 3.8) is 0 Å². The van der Waals surface area contributed by atoms with Gasteiger partial charge in [0, 0.05) is 45.8 Å². The molecule has 9 heteroatoms. The summed E-state index contributed by atoms with van der Waals surface area (Å²) in [5.74, 6) is -0.298. The fourth-order valence-corrected chi connectivity index (χ4v) is 5.41. The lowest BCUT2D eigenvalue weighted by molar-refractivity contribution is -0.133. The summed E-state index contributed by atoms with van der Waals surface area (Å²) in [6.45, 7) is 4.22. The summed E-state index contributed by atoms with van der Waals surface area (Å²) in [5.41, 5.74) is 2.89. The quantitative estimate of drug-likeness (QED) is 0.471. The van der Waals surface area contributed by atoms with Gasteiger partial charge < -0.3 is 14.2 Å². The van der Waals surface area contributed by atoms with Crippen LogP contribution in [0.2, 0.25) is 0 Å². The Balaban J connectivity index is 1.38. The number of rotatable bonds is 8. The fourth-order valence-electron chi connectivity index (χ4n) is 4.72. The molecular weight excluding hydrogens is 474 g/mol. The van der Waals surface area contributed by atoms with Gasteiger partial charge in [-0.05, 0) is 29.1 Å². The lowest BCUT2D eigenvalue weighted by Gasteiger charge is -2.31. The number of amides is 2. The van der Waals surface area contributed by atoms with Gasteiger partial charge in [0.25, 0.3) is 11.8 Å². The third-order valence-corrected chi connectivity index (χ3v) is 7.58. The van der Waals surface area contributed by atoms with Crippen LogP contribution in [0.25, 0.3) is 0 Å². The van der Waals surface area contributed by atoms with Crippen LogP contribution in [0.15, 0.2) is 71.3 Å². The Kier molecular flexibility index (Phi) is 7.60. The van der Waals surface area contributed by atoms with Gasteiger partial charge in [-0.25, -0.2) is 5.01 Å². The Hall–Kier alpha value is -3.27. The molecule has 0 unspecified atom stereocenters. The smallest absolute Gasteiger partial charge is 0.264 e. The first-order valence-electron chi connectivity index (χ1n) is 12.3. The van der Waals surface area contributed by atoms with Crippen molar-refractivity contribution in [2.24, 2.45) is 12.1 Å². The van der Waals surface area contributed by atoms with E-state index in [9.17, 15) is 9.59 Å². The number of hydrazone groups is 1. The van der Waals surface area contributed by atoms with Gasteiger partial charge in [0.2, 0.25) is 0 Å². The molecule has 2 aliphatic rings. The molecule has 2 aromatic heterocycles. The maximum Gasteiger partial charge on any atom is 0.264 e. The minimum atomic E-state index is -0.207. The number of ether oxygens (including phenoxy) is 1. The Morgan fingerprint density at radius 3 is 2.58 bits per heavy atom. The molecule has 0 spiro atoms. The molecule has 4 heterocycles. The average molecular weight is 506 g/mol. The number of benzene rings is 1. The molecule has 1 saturated heterocycles. The molecule has 1 fully saturated rings. The van der Waals surface area contributed by atoms with Gasteiger partial charge in [0.15, 0.2) is 0 Å². The summed E-state index contributed by atoms with van der Waals surface area (Å²) in [7, 11) is 1.98.